The molecular formula is C16H18O2S. The smallest absolute Gasteiger partial charge is 0.315 e. The molecule has 0 saturated carbocycles. The summed E-state index contributed by atoms with van der Waals surface area (Å²) >= 11 is 1.54. The Morgan fingerprint density at radius 1 is 1.58 bits per heavy atom. The molecule has 0 aliphatic heterocycles. The predicted octanol–water partition coefficient (Wildman–Crippen LogP) is 3.26. The maximum atomic E-state index is 11.1. The van der Waals surface area contributed by atoms with Crippen LogP contribution in [0, 0.1) is 12.3 Å². The summed E-state index contributed by atoms with van der Waals surface area (Å²) in [5, 5.41) is 0.212. The molecule has 0 amide bonds. The van der Waals surface area contributed by atoms with E-state index in [-0.39, 0.29) is 11.2 Å². The topological polar surface area (TPSA) is 26.3 Å². The first-order chi connectivity index (χ1) is 9.08. The predicted molar refractivity (Wildman–Crippen MR) is 79.8 cm³/mol. The summed E-state index contributed by atoms with van der Waals surface area (Å²) in [4.78, 5) is 11.1. The molecule has 0 radical (unpaired) electrons. The van der Waals surface area contributed by atoms with Crippen molar-refractivity contribution in [3.63, 3.8) is 0 Å². The average Bonchev–Trinajstić information content (AvgIpc) is 2.77. The maximum Gasteiger partial charge on any atom is 0.315 e. The quantitative estimate of drug-likeness (QED) is 0.447. The van der Waals surface area contributed by atoms with Gasteiger partial charge in [-0.15, -0.1) is 18.2 Å². The third-order valence-corrected chi connectivity index (χ3v) is 3.97. The van der Waals surface area contributed by atoms with Crippen molar-refractivity contribution in [1.29, 1.82) is 0 Å². The van der Waals surface area contributed by atoms with Gasteiger partial charge in [-0.1, -0.05) is 17.4 Å². The molecule has 1 aliphatic carbocycles. The van der Waals surface area contributed by atoms with Crippen LogP contribution in [0.3, 0.4) is 0 Å². The van der Waals surface area contributed by atoms with Gasteiger partial charge in [0, 0.05) is 10.8 Å². The minimum Gasteiger partial charge on any atom is -0.468 e. The minimum absolute atomic E-state index is 0.212. The highest BCUT2D eigenvalue weighted by molar-refractivity contribution is 8.00. The Balaban J connectivity index is 2.82. The summed E-state index contributed by atoms with van der Waals surface area (Å²) in [6, 6.07) is 0. The Bertz CT molecular complexity index is 517. The maximum absolute atomic E-state index is 11.1. The zero-order chi connectivity index (χ0) is 14.3. The first kappa shape index (κ1) is 15.5. The number of esters is 1. The number of terminal acetylenes is 1. The number of allylic oxidation sites excluding steroid dienone is 3. The van der Waals surface area contributed by atoms with Crippen molar-refractivity contribution in [2.24, 2.45) is 0 Å². The molecular weight excluding hydrogens is 256 g/mol. The van der Waals surface area contributed by atoms with E-state index in [0.29, 0.717) is 5.75 Å². The van der Waals surface area contributed by atoms with Crippen LogP contribution in [0.25, 0.3) is 0 Å². The van der Waals surface area contributed by atoms with Crippen LogP contribution in [0.4, 0.5) is 0 Å². The van der Waals surface area contributed by atoms with E-state index in [2.05, 4.69) is 22.1 Å². The molecule has 1 rings (SSSR count). The molecule has 0 aromatic heterocycles. The second-order valence-corrected chi connectivity index (χ2v) is 5.60. The average molecular weight is 274 g/mol. The van der Waals surface area contributed by atoms with Gasteiger partial charge in [-0.3, -0.25) is 4.79 Å². The number of hydrogen-bond acceptors (Lipinski definition) is 3. The van der Waals surface area contributed by atoms with Gasteiger partial charge >= 0.3 is 5.97 Å². The lowest BCUT2D eigenvalue weighted by atomic mass is 10.1. The highest BCUT2D eigenvalue weighted by Gasteiger charge is 2.24. The molecule has 0 N–H and O–H groups in total. The van der Waals surface area contributed by atoms with Gasteiger partial charge < -0.3 is 4.74 Å². The van der Waals surface area contributed by atoms with Gasteiger partial charge in [0.2, 0.25) is 0 Å². The van der Waals surface area contributed by atoms with Gasteiger partial charge in [0.25, 0.3) is 0 Å². The van der Waals surface area contributed by atoms with Gasteiger partial charge in [0.05, 0.1) is 12.9 Å². The van der Waals surface area contributed by atoms with Gasteiger partial charge in [-0.2, -0.15) is 0 Å². The van der Waals surface area contributed by atoms with E-state index < -0.39 is 0 Å². The molecule has 3 heteroatoms. The van der Waals surface area contributed by atoms with E-state index in [0.717, 1.165) is 29.6 Å². The van der Waals surface area contributed by atoms with E-state index in [1.54, 1.807) is 11.8 Å². The minimum atomic E-state index is -0.213. The Kier molecular flexibility index (Phi) is 6.33. The van der Waals surface area contributed by atoms with Crippen LogP contribution in [0.15, 0.2) is 34.3 Å². The van der Waals surface area contributed by atoms with Crippen LogP contribution in [-0.2, 0) is 9.53 Å². The van der Waals surface area contributed by atoms with Crippen molar-refractivity contribution < 1.29 is 9.53 Å². The molecule has 0 heterocycles. The van der Waals surface area contributed by atoms with Crippen molar-refractivity contribution >= 4 is 17.7 Å². The van der Waals surface area contributed by atoms with E-state index in [1.807, 2.05) is 19.9 Å². The fourth-order valence-corrected chi connectivity index (χ4v) is 2.90. The summed E-state index contributed by atoms with van der Waals surface area (Å²) in [6.45, 7) is 3.95. The van der Waals surface area contributed by atoms with Crippen LogP contribution >= 0.6 is 11.8 Å². The molecule has 100 valence electrons. The number of carbonyl (C=O) groups is 1. The zero-order valence-corrected chi connectivity index (χ0v) is 12.4. The number of hydrogen-bond donors (Lipinski definition) is 0. The second-order valence-electron chi connectivity index (χ2n) is 4.41. The summed E-state index contributed by atoms with van der Waals surface area (Å²) in [5.41, 5.74) is 9.21. The van der Waals surface area contributed by atoms with Crippen molar-refractivity contribution in [2.45, 2.75) is 31.9 Å². The Hall–Kier alpha value is -1.58. The molecule has 0 aromatic carbocycles. The van der Waals surface area contributed by atoms with Gasteiger partial charge in [-0.05, 0) is 43.9 Å². The zero-order valence-electron chi connectivity index (χ0n) is 11.6. The monoisotopic (exact) mass is 274 g/mol. The van der Waals surface area contributed by atoms with Crippen LogP contribution < -0.4 is 0 Å². The number of thioether (sulfide) groups is 1. The Morgan fingerprint density at radius 2 is 2.32 bits per heavy atom. The normalized spacial score (nSPS) is 17.3. The molecule has 0 fully saturated rings. The van der Waals surface area contributed by atoms with E-state index in [4.69, 9.17) is 6.42 Å². The lowest BCUT2D eigenvalue weighted by Gasteiger charge is -2.09. The first-order valence-corrected chi connectivity index (χ1v) is 7.16. The van der Waals surface area contributed by atoms with Crippen molar-refractivity contribution in [2.75, 3.05) is 12.9 Å². The highest BCUT2D eigenvalue weighted by Crippen LogP contribution is 2.35. The molecule has 2 nitrogen and oxygen atoms in total. The van der Waals surface area contributed by atoms with Gasteiger partial charge in [-0.25, -0.2) is 0 Å². The van der Waals surface area contributed by atoms with Crippen LogP contribution in [-0.4, -0.2) is 24.1 Å². The van der Waals surface area contributed by atoms with E-state index in [9.17, 15) is 4.79 Å². The fourth-order valence-electron chi connectivity index (χ4n) is 1.77. The van der Waals surface area contributed by atoms with Gasteiger partial charge in [0.1, 0.15) is 0 Å². The van der Waals surface area contributed by atoms with Crippen LogP contribution in [0.2, 0.25) is 0 Å². The molecule has 19 heavy (non-hydrogen) atoms. The van der Waals surface area contributed by atoms with Crippen molar-refractivity contribution in [3.05, 3.63) is 34.3 Å². The molecule has 1 atom stereocenters. The van der Waals surface area contributed by atoms with Crippen LogP contribution in [0.5, 0.6) is 0 Å². The summed E-state index contributed by atoms with van der Waals surface area (Å²) in [5.74, 6) is 2.87. The standard InChI is InChI=1S/C16H18O2S/c1-5-14-13(8-6-7-12(2)3)9-10-15(14)19-11-16(17)18-4/h1,8,15H,9-11H2,2-4H3. The second kappa shape index (κ2) is 7.77. The molecule has 0 spiro atoms. The van der Waals surface area contributed by atoms with E-state index >= 15 is 0 Å². The van der Waals surface area contributed by atoms with Crippen molar-refractivity contribution in [1.82, 2.24) is 0 Å². The molecule has 0 saturated heterocycles. The van der Waals surface area contributed by atoms with Crippen molar-refractivity contribution in [3.8, 4) is 12.3 Å². The Labute approximate surface area is 119 Å². The largest absolute Gasteiger partial charge is 0.468 e. The molecule has 1 unspecified atom stereocenters. The number of carbonyl (C=O) groups excluding carboxylic acids is 1. The van der Waals surface area contributed by atoms with E-state index in [1.165, 1.54) is 7.11 Å². The van der Waals surface area contributed by atoms with Crippen LogP contribution in [0.1, 0.15) is 26.7 Å². The lowest BCUT2D eigenvalue weighted by molar-refractivity contribution is -0.137. The molecule has 1 aliphatic rings. The Morgan fingerprint density at radius 3 is 2.89 bits per heavy atom. The number of ether oxygens (including phenoxy) is 1. The summed E-state index contributed by atoms with van der Waals surface area (Å²) in [6.07, 6.45) is 9.37. The fraction of sp³-hybridized carbons (Fsp3) is 0.438. The summed E-state index contributed by atoms with van der Waals surface area (Å²) in [7, 11) is 1.40. The number of methoxy groups -OCH3 is 1. The summed E-state index contributed by atoms with van der Waals surface area (Å²) < 4.78 is 4.64. The third kappa shape index (κ3) is 4.89. The number of rotatable bonds is 4. The third-order valence-electron chi connectivity index (χ3n) is 2.70. The first-order valence-electron chi connectivity index (χ1n) is 6.11. The lowest BCUT2D eigenvalue weighted by Crippen LogP contribution is -2.09. The van der Waals surface area contributed by atoms with Gasteiger partial charge in [0.15, 0.2) is 0 Å². The highest BCUT2D eigenvalue weighted by atomic mass is 32.2. The molecule has 0 aromatic rings. The SMILES string of the molecule is C#CC1=C(C=C=C=C(C)C)CCC1SCC(=O)OC. The molecule has 0 bridgehead atoms.